The van der Waals surface area contributed by atoms with Gasteiger partial charge in [0.05, 0.1) is 6.10 Å². The second-order valence-electron chi connectivity index (χ2n) is 3.11. The Balaban J connectivity index is 2.73. The molecule has 0 aliphatic carbocycles. The van der Waals surface area contributed by atoms with Crippen LogP contribution in [0.1, 0.15) is 0 Å². The number of aliphatic hydroxyl groups is 2. The van der Waals surface area contributed by atoms with Crippen molar-refractivity contribution >= 4 is 22.6 Å². The number of alkyl halides is 1. The molecule has 0 bridgehead atoms. The van der Waals surface area contributed by atoms with E-state index in [1.807, 2.05) is 0 Å². The normalized spacial score (nSPS) is 43.9. The predicted molar refractivity (Wildman–Crippen MR) is 57.4 cm³/mol. The minimum atomic E-state index is -1.05. The van der Waals surface area contributed by atoms with E-state index >= 15 is 0 Å². The third-order valence-electron chi connectivity index (χ3n) is 2.33. The van der Waals surface area contributed by atoms with Gasteiger partial charge in [0, 0.05) is 18.6 Å². The zero-order chi connectivity index (χ0) is 10.7. The largest absolute Gasteiger partial charge is 0.388 e. The molecule has 0 aromatic heterocycles. The highest BCUT2D eigenvalue weighted by Crippen LogP contribution is 2.24. The first-order valence-electron chi connectivity index (χ1n) is 4.28. The highest BCUT2D eigenvalue weighted by molar-refractivity contribution is 14.1. The van der Waals surface area contributed by atoms with Crippen molar-refractivity contribution < 1.29 is 24.4 Å². The fraction of sp³-hybridized carbons (Fsp3) is 1.00. The lowest BCUT2D eigenvalue weighted by Crippen LogP contribution is -2.59. The summed E-state index contributed by atoms with van der Waals surface area (Å²) in [6, 6.07) is 0. The van der Waals surface area contributed by atoms with Crippen molar-refractivity contribution in [2.75, 3.05) is 18.6 Å². The Kier molecular flexibility index (Phi) is 5.01. The van der Waals surface area contributed by atoms with E-state index in [0.29, 0.717) is 4.43 Å². The summed E-state index contributed by atoms with van der Waals surface area (Å²) in [7, 11) is 2.92. The monoisotopic (exact) mass is 318 g/mol. The zero-order valence-electron chi connectivity index (χ0n) is 8.09. The molecular formula is C8H15IO5. The maximum absolute atomic E-state index is 9.80. The van der Waals surface area contributed by atoms with E-state index in [0.717, 1.165) is 0 Å². The van der Waals surface area contributed by atoms with Crippen LogP contribution in [0.2, 0.25) is 0 Å². The smallest absolute Gasteiger partial charge is 0.184 e. The average molecular weight is 318 g/mol. The maximum Gasteiger partial charge on any atom is 0.184 e. The van der Waals surface area contributed by atoms with Crippen LogP contribution in [0.25, 0.3) is 0 Å². The Bertz CT molecular complexity index is 179. The average Bonchev–Trinajstić information content (AvgIpc) is 2.20. The van der Waals surface area contributed by atoms with E-state index in [4.69, 9.17) is 14.2 Å². The van der Waals surface area contributed by atoms with Crippen LogP contribution in [0, 0.1) is 0 Å². The molecule has 0 aromatic carbocycles. The van der Waals surface area contributed by atoms with Crippen LogP contribution >= 0.6 is 22.6 Å². The summed E-state index contributed by atoms with van der Waals surface area (Å²) in [5, 5.41) is 19.4. The molecule has 1 fully saturated rings. The van der Waals surface area contributed by atoms with Gasteiger partial charge in [0.15, 0.2) is 6.29 Å². The number of hydrogen-bond acceptors (Lipinski definition) is 5. The molecule has 1 rings (SSSR count). The van der Waals surface area contributed by atoms with Gasteiger partial charge in [-0.25, -0.2) is 0 Å². The van der Waals surface area contributed by atoms with E-state index in [2.05, 4.69) is 22.6 Å². The van der Waals surface area contributed by atoms with E-state index in [1.54, 1.807) is 0 Å². The van der Waals surface area contributed by atoms with Crippen LogP contribution in [0.4, 0.5) is 0 Å². The van der Waals surface area contributed by atoms with Crippen molar-refractivity contribution in [3.8, 4) is 0 Å². The Labute approximate surface area is 96.5 Å². The highest BCUT2D eigenvalue weighted by Gasteiger charge is 2.44. The van der Waals surface area contributed by atoms with Gasteiger partial charge in [0.25, 0.3) is 0 Å². The lowest BCUT2D eigenvalue weighted by atomic mass is 10.00. The SMILES string of the molecule is CO[C@H]1[C@H](O)[C@@H](CI)O[C@H](O)[C@H]1OC. The zero-order valence-corrected chi connectivity index (χ0v) is 10.2. The molecule has 0 radical (unpaired) electrons. The fourth-order valence-corrected chi connectivity index (χ4v) is 2.29. The summed E-state index contributed by atoms with van der Waals surface area (Å²) in [5.41, 5.74) is 0. The fourth-order valence-electron chi connectivity index (χ4n) is 1.56. The van der Waals surface area contributed by atoms with Crippen molar-refractivity contribution in [1.82, 2.24) is 0 Å². The molecule has 0 aromatic rings. The van der Waals surface area contributed by atoms with Gasteiger partial charge in [-0.1, -0.05) is 22.6 Å². The molecule has 1 aliphatic heterocycles. The first-order valence-corrected chi connectivity index (χ1v) is 5.81. The van der Waals surface area contributed by atoms with Crippen molar-refractivity contribution in [3.05, 3.63) is 0 Å². The topological polar surface area (TPSA) is 68.2 Å². The Morgan fingerprint density at radius 3 is 2.21 bits per heavy atom. The number of ether oxygens (including phenoxy) is 3. The Morgan fingerprint density at radius 1 is 1.21 bits per heavy atom. The molecule has 84 valence electrons. The Morgan fingerprint density at radius 2 is 1.79 bits per heavy atom. The maximum atomic E-state index is 9.80. The van der Waals surface area contributed by atoms with Crippen LogP contribution in [0.5, 0.6) is 0 Å². The van der Waals surface area contributed by atoms with Crippen LogP contribution in [-0.2, 0) is 14.2 Å². The van der Waals surface area contributed by atoms with E-state index in [1.165, 1.54) is 14.2 Å². The van der Waals surface area contributed by atoms with E-state index in [-0.39, 0.29) is 0 Å². The lowest BCUT2D eigenvalue weighted by Gasteiger charge is -2.40. The highest BCUT2D eigenvalue weighted by atomic mass is 127. The molecule has 0 saturated carbocycles. The minimum Gasteiger partial charge on any atom is -0.388 e. The number of methoxy groups -OCH3 is 2. The van der Waals surface area contributed by atoms with Gasteiger partial charge in [-0.15, -0.1) is 0 Å². The summed E-state index contributed by atoms with van der Waals surface area (Å²) in [6.07, 6.45) is -3.43. The molecule has 0 amide bonds. The number of aliphatic hydroxyl groups excluding tert-OH is 2. The first kappa shape index (κ1) is 12.6. The van der Waals surface area contributed by atoms with Gasteiger partial charge in [-0.3, -0.25) is 0 Å². The summed E-state index contributed by atoms with van der Waals surface area (Å²) < 4.78 is 15.9. The molecule has 1 heterocycles. The summed E-state index contributed by atoms with van der Waals surface area (Å²) in [4.78, 5) is 0. The molecule has 1 aliphatic rings. The van der Waals surface area contributed by atoms with E-state index < -0.39 is 30.7 Å². The molecule has 0 unspecified atom stereocenters. The minimum absolute atomic E-state index is 0.415. The number of rotatable bonds is 3. The standard InChI is InChI=1S/C8H15IO5/c1-12-6-5(10)4(3-9)14-8(11)7(6)13-2/h4-8,10-11H,3H2,1-2H3/t4-,5-,6+,7+,8+/m1/s1. The van der Waals surface area contributed by atoms with Crippen molar-refractivity contribution in [2.45, 2.75) is 30.7 Å². The summed E-state index contributed by atoms with van der Waals surface area (Å²) in [5.74, 6) is 0. The first-order chi connectivity index (χ1) is 6.65. The van der Waals surface area contributed by atoms with Crippen molar-refractivity contribution in [3.63, 3.8) is 0 Å². The molecule has 5 atom stereocenters. The van der Waals surface area contributed by atoms with Gasteiger partial charge in [0.1, 0.15) is 18.3 Å². The second-order valence-corrected chi connectivity index (χ2v) is 3.99. The molecule has 5 nitrogen and oxygen atoms in total. The molecule has 1 saturated heterocycles. The molecule has 2 N–H and O–H groups in total. The van der Waals surface area contributed by atoms with Gasteiger partial charge < -0.3 is 24.4 Å². The summed E-state index contributed by atoms with van der Waals surface area (Å²) >= 11 is 2.08. The van der Waals surface area contributed by atoms with Crippen LogP contribution in [0.15, 0.2) is 0 Å². The quantitative estimate of drug-likeness (QED) is 0.544. The second kappa shape index (κ2) is 5.57. The molecule has 14 heavy (non-hydrogen) atoms. The lowest BCUT2D eigenvalue weighted by molar-refractivity contribution is -0.286. The molecular weight excluding hydrogens is 303 g/mol. The number of hydrogen-bond donors (Lipinski definition) is 2. The van der Waals surface area contributed by atoms with Gasteiger partial charge in [0.2, 0.25) is 0 Å². The van der Waals surface area contributed by atoms with Crippen LogP contribution < -0.4 is 0 Å². The van der Waals surface area contributed by atoms with E-state index in [9.17, 15) is 10.2 Å². The van der Waals surface area contributed by atoms with Crippen molar-refractivity contribution in [2.24, 2.45) is 0 Å². The molecule has 0 spiro atoms. The molecule has 6 heteroatoms. The van der Waals surface area contributed by atoms with Crippen molar-refractivity contribution in [1.29, 1.82) is 0 Å². The van der Waals surface area contributed by atoms with Gasteiger partial charge in [-0.2, -0.15) is 0 Å². The van der Waals surface area contributed by atoms with Crippen LogP contribution in [-0.4, -0.2) is 59.6 Å². The third kappa shape index (κ3) is 2.37. The summed E-state index contributed by atoms with van der Waals surface area (Å²) in [6.45, 7) is 0. The Hall–Kier alpha value is 0.530. The number of halogens is 1. The third-order valence-corrected chi connectivity index (χ3v) is 3.20. The van der Waals surface area contributed by atoms with Gasteiger partial charge >= 0.3 is 0 Å². The van der Waals surface area contributed by atoms with Crippen LogP contribution in [0.3, 0.4) is 0 Å². The van der Waals surface area contributed by atoms with Gasteiger partial charge in [-0.05, 0) is 0 Å². The predicted octanol–water partition coefficient (Wildman–Crippen LogP) is -0.470.